The molecule has 0 bridgehead atoms. The average molecular weight is 418 g/mol. The summed E-state index contributed by atoms with van der Waals surface area (Å²) in [6.07, 6.45) is 3.98. The summed E-state index contributed by atoms with van der Waals surface area (Å²) in [6, 6.07) is 17.5. The van der Waals surface area contributed by atoms with Gasteiger partial charge in [-0.25, -0.2) is 4.99 Å². The van der Waals surface area contributed by atoms with Gasteiger partial charge in [-0.15, -0.1) is 0 Å². The highest BCUT2D eigenvalue weighted by molar-refractivity contribution is 5.79. The van der Waals surface area contributed by atoms with Crippen LogP contribution in [0.2, 0.25) is 0 Å². The monoisotopic (exact) mass is 417 g/mol. The quantitative estimate of drug-likeness (QED) is 0.349. The first kappa shape index (κ1) is 20.7. The Kier molecular flexibility index (Phi) is 6.64. The molecule has 0 aliphatic carbocycles. The summed E-state index contributed by atoms with van der Waals surface area (Å²) < 4.78 is 12.0. The number of para-hydroxylation sites is 1. The third kappa shape index (κ3) is 5.13. The molecule has 3 N–H and O–H groups in total. The van der Waals surface area contributed by atoms with Gasteiger partial charge >= 0.3 is 0 Å². The normalized spacial score (nSPS) is 14.8. The van der Waals surface area contributed by atoms with Crippen LogP contribution in [0.15, 0.2) is 65.7 Å². The van der Waals surface area contributed by atoms with Crippen LogP contribution in [0.25, 0.3) is 5.76 Å². The van der Waals surface area contributed by atoms with E-state index in [9.17, 15) is 0 Å². The van der Waals surface area contributed by atoms with Crippen LogP contribution < -0.4 is 20.1 Å². The van der Waals surface area contributed by atoms with Crippen molar-refractivity contribution in [2.24, 2.45) is 4.99 Å². The number of rotatable bonds is 8. The van der Waals surface area contributed by atoms with Gasteiger partial charge in [0.25, 0.3) is 0 Å². The van der Waals surface area contributed by atoms with E-state index in [-0.39, 0.29) is 0 Å². The maximum absolute atomic E-state index is 6.19. The summed E-state index contributed by atoms with van der Waals surface area (Å²) in [5.41, 5.74) is 0.778. The number of anilines is 1. The molecule has 2 aromatic carbocycles. The summed E-state index contributed by atoms with van der Waals surface area (Å²) in [7, 11) is 0. The van der Waals surface area contributed by atoms with Crippen molar-refractivity contribution in [3.05, 3.63) is 66.2 Å². The van der Waals surface area contributed by atoms with E-state index < -0.39 is 0 Å². The van der Waals surface area contributed by atoms with Crippen molar-refractivity contribution >= 4 is 24.1 Å². The van der Waals surface area contributed by atoms with Gasteiger partial charge in [0.05, 0.1) is 0 Å². The molecule has 31 heavy (non-hydrogen) atoms. The molecule has 1 aromatic heterocycles. The zero-order valence-corrected chi connectivity index (χ0v) is 17.6. The van der Waals surface area contributed by atoms with Crippen LogP contribution in [0, 0.1) is 0 Å². The third-order valence-corrected chi connectivity index (χ3v) is 5.12. The Labute approximate surface area is 182 Å². The van der Waals surface area contributed by atoms with E-state index in [0.29, 0.717) is 23.4 Å². The van der Waals surface area contributed by atoms with E-state index in [4.69, 9.17) is 9.47 Å². The number of hydrogen-bond acceptors (Lipinski definition) is 6. The molecule has 4 rings (SSSR count). The first-order valence-corrected chi connectivity index (χ1v) is 10.5. The summed E-state index contributed by atoms with van der Waals surface area (Å²) in [5.74, 6) is 4.19. The van der Waals surface area contributed by atoms with Gasteiger partial charge in [0, 0.05) is 6.04 Å². The number of ether oxygens (including phenoxy) is 2. The van der Waals surface area contributed by atoms with Crippen LogP contribution in [-0.4, -0.2) is 36.0 Å². The number of aromatic amines is 1. The zero-order chi connectivity index (χ0) is 21.5. The van der Waals surface area contributed by atoms with Gasteiger partial charge in [-0.2, -0.15) is 5.10 Å². The average Bonchev–Trinajstić information content (AvgIpc) is 3.22. The summed E-state index contributed by atoms with van der Waals surface area (Å²) >= 11 is 0. The highest BCUT2D eigenvalue weighted by Gasteiger charge is 2.22. The zero-order valence-electron chi connectivity index (χ0n) is 17.6. The van der Waals surface area contributed by atoms with Gasteiger partial charge in [0.1, 0.15) is 28.6 Å². The summed E-state index contributed by atoms with van der Waals surface area (Å²) in [4.78, 5) is 4.09. The SMILES string of the molecule is C=Nc1[nH]nc(NC2CCNCC2)c1/C(=C\C)Oc1ccc(Oc2ccccc2)cc1. The molecular formula is C24H27N5O2. The summed E-state index contributed by atoms with van der Waals surface area (Å²) in [5, 5.41) is 14.3. The van der Waals surface area contributed by atoms with Crippen molar-refractivity contribution in [1.82, 2.24) is 15.5 Å². The topological polar surface area (TPSA) is 83.6 Å². The third-order valence-electron chi connectivity index (χ3n) is 5.12. The van der Waals surface area contributed by atoms with E-state index in [2.05, 4.69) is 32.5 Å². The molecule has 3 aromatic rings. The molecule has 0 saturated carbocycles. The molecule has 7 nitrogen and oxygen atoms in total. The van der Waals surface area contributed by atoms with Crippen molar-refractivity contribution in [1.29, 1.82) is 0 Å². The molecule has 0 atom stereocenters. The fraction of sp³-hybridized carbons (Fsp3) is 0.250. The largest absolute Gasteiger partial charge is 0.457 e. The highest BCUT2D eigenvalue weighted by atomic mass is 16.5. The first-order valence-electron chi connectivity index (χ1n) is 10.5. The van der Waals surface area contributed by atoms with Crippen molar-refractivity contribution in [3.63, 3.8) is 0 Å². The van der Waals surface area contributed by atoms with E-state index in [1.807, 2.05) is 67.6 Å². The number of piperidine rings is 1. The predicted octanol–water partition coefficient (Wildman–Crippen LogP) is 5.14. The Morgan fingerprint density at radius 1 is 1.06 bits per heavy atom. The van der Waals surface area contributed by atoms with Crippen LogP contribution >= 0.6 is 0 Å². The molecule has 0 amide bonds. The van der Waals surface area contributed by atoms with Gasteiger partial charge < -0.3 is 20.1 Å². The minimum atomic E-state index is 0.355. The van der Waals surface area contributed by atoms with Gasteiger partial charge in [-0.05, 0) is 82.0 Å². The lowest BCUT2D eigenvalue weighted by Gasteiger charge is -2.24. The molecule has 1 aliphatic rings. The van der Waals surface area contributed by atoms with Gasteiger partial charge in [-0.3, -0.25) is 5.10 Å². The van der Waals surface area contributed by atoms with Crippen LogP contribution in [-0.2, 0) is 0 Å². The van der Waals surface area contributed by atoms with Crippen LogP contribution in [0.5, 0.6) is 17.2 Å². The number of H-pyrrole nitrogens is 1. The molecule has 7 heteroatoms. The van der Waals surface area contributed by atoms with E-state index in [0.717, 1.165) is 48.8 Å². The number of aromatic nitrogens is 2. The fourth-order valence-electron chi connectivity index (χ4n) is 3.53. The van der Waals surface area contributed by atoms with Gasteiger partial charge in [0.2, 0.25) is 0 Å². The van der Waals surface area contributed by atoms with Crippen LogP contribution in [0.3, 0.4) is 0 Å². The first-order chi connectivity index (χ1) is 15.3. The van der Waals surface area contributed by atoms with Crippen molar-refractivity contribution in [2.45, 2.75) is 25.8 Å². The van der Waals surface area contributed by atoms with E-state index in [1.54, 1.807) is 0 Å². The summed E-state index contributed by atoms with van der Waals surface area (Å²) in [6.45, 7) is 7.58. The Hall–Kier alpha value is -3.58. The van der Waals surface area contributed by atoms with Gasteiger partial charge in [0.15, 0.2) is 11.6 Å². The van der Waals surface area contributed by atoms with Crippen LogP contribution in [0.1, 0.15) is 25.3 Å². The van der Waals surface area contributed by atoms with E-state index in [1.165, 1.54) is 0 Å². The molecule has 1 aliphatic heterocycles. The second-order valence-corrected chi connectivity index (χ2v) is 7.26. The highest BCUT2D eigenvalue weighted by Crippen LogP contribution is 2.34. The smallest absolute Gasteiger partial charge is 0.161 e. The second kappa shape index (κ2) is 9.95. The lowest BCUT2D eigenvalue weighted by molar-refractivity contribution is 0.476. The van der Waals surface area contributed by atoms with Gasteiger partial charge in [-0.1, -0.05) is 18.2 Å². The lowest BCUT2D eigenvalue weighted by Crippen LogP contribution is -2.35. The van der Waals surface area contributed by atoms with Crippen molar-refractivity contribution in [2.75, 3.05) is 18.4 Å². The fourth-order valence-corrected chi connectivity index (χ4v) is 3.53. The number of nitrogens with one attached hydrogen (secondary N) is 3. The minimum Gasteiger partial charge on any atom is -0.457 e. The number of allylic oxidation sites excluding steroid dienone is 1. The predicted molar refractivity (Wildman–Crippen MR) is 125 cm³/mol. The Balaban J connectivity index is 1.50. The molecule has 0 radical (unpaired) electrons. The Bertz CT molecular complexity index is 1020. The maximum Gasteiger partial charge on any atom is 0.161 e. The molecule has 1 saturated heterocycles. The molecule has 1 fully saturated rings. The van der Waals surface area contributed by atoms with E-state index >= 15 is 0 Å². The Morgan fingerprint density at radius 3 is 2.42 bits per heavy atom. The number of hydrogen-bond donors (Lipinski definition) is 3. The lowest BCUT2D eigenvalue weighted by atomic mass is 10.1. The number of benzene rings is 2. The molecular weight excluding hydrogens is 390 g/mol. The molecule has 0 unspecified atom stereocenters. The standard InChI is InChI=1S/C24H27N5O2/c1-3-21(22-23(25-2)28-29-24(22)27-17-13-15-26-16-14-17)31-20-11-9-19(10-12-20)30-18-7-5-4-6-8-18/h3-12,17,26H,2,13-16H2,1H3,(H2,27,28,29)/b21-3+. The van der Waals surface area contributed by atoms with Crippen molar-refractivity contribution in [3.8, 4) is 17.2 Å². The van der Waals surface area contributed by atoms with Crippen LogP contribution in [0.4, 0.5) is 11.6 Å². The number of nitrogens with zero attached hydrogens (tertiary/aromatic N) is 2. The van der Waals surface area contributed by atoms with Crippen molar-refractivity contribution < 1.29 is 9.47 Å². The molecule has 2 heterocycles. The maximum atomic E-state index is 6.19. The Morgan fingerprint density at radius 2 is 1.74 bits per heavy atom. The molecule has 0 spiro atoms. The minimum absolute atomic E-state index is 0.355. The molecule has 160 valence electrons. The second-order valence-electron chi connectivity index (χ2n) is 7.26. The number of aliphatic imine (C=N–C) groups is 1.